The van der Waals surface area contributed by atoms with Crippen LogP contribution in [0.4, 0.5) is 0 Å². The molecule has 0 radical (unpaired) electrons. The Balaban J connectivity index is 1.85. The fraction of sp³-hybridized carbons (Fsp3) is 0.875. The molecule has 0 spiro atoms. The molecule has 1 N–H and O–H groups in total. The number of hydrogen-bond acceptors (Lipinski definition) is 3. The van der Waals surface area contributed by atoms with Gasteiger partial charge in [0.25, 0.3) is 0 Å². The molecule has 0 aromatic rings. The molecule has 0 aromatic heterocycles. The van der Waals surface area contributed by atoms with Crippen molar-refractivity contribution in [1.29, 1.82) is 0 Å². The van der Waals surface area contributed by atoms with Crippen LogP contribution in [0.3, 0.4) is 0 Å². The first-order valence-electron chi connectivity index (χ1n) is 4.22. The second-order valence-electron chi connectivity index (χ2n) is 3.26. The molecule has 0 aromatic carbocycles. The van der Waals surface area contributed by atoms with Crippen molar-refractivity contribution in [1.82, 2.24) is 5.32 Å². The molecule has 2 fully saturated rings. The van der Waals surface area contributed by atoms with Gasteiger partial charge in [-0.15, -0.1) is 0 Å². The zero-order valence-electron chi connectivity index (χ0n) is 6.67. The maximum Gasteiger partial charge on any atom is 0.309 e. The summed E-state index contributed by atoms with van der Waals surface area (Å²) >= 11 is 0. The van der Waals surface area contributed by atoms with Gasteiger partial charge in [-0.25, -0.2) is 0 Å². The minimum Gasteiger partial charge on any atom is -0.466 e. The van der Waals surface area contributed by atoms with E-state index < -0.39 is 0 Å². The Morgan fingerprint density at radius 2 is 2.18 bits per heavy atom. The van der Waals surface area contributed by atoms with Crippen LogP contribution in [0, 0.1) is 17.8 Å². The predicted octanol–water partition coefficient (Wildman–Crippen LogP) is 0.0149. The first-order valence-corrected chi connectivity index (χ1v) is 4.22. The molecule has 1 aliphatic carbocycles. The van der Waals surface area contributed by atoms with Gasteiger partial charge in [-0.3, -0.25) is 4.79 Å². The van der Waals surface area contributed by atoms with Crippen molar-refractivity contribution < 1.29 is 9.53 Å². The first-order chi connectivity index (χ1) is 5.34. The van der Waals surface area contributed by atoms with Gasteiger partial charge in [0.15, 0.2) is 0 Å². The Labute approximate surface area is 66.1 Å². The molecule has 62 valence electrons. The Morgan fingerprint density at radius 1 is 1.55 bits per heavy atom. The number of esters is 1. The minimum atomic E-state index is 0.0176. The molecule has 0 bridgehead atoms. The maximum absolute atomic E-state index is 11.2. The summed E-state index contributed by atoms with van der Waals surface area (Å²) in [6, 6.07) is 0. The van der Waals surface area contributed by atoms with Crippen molar-refractivity contribution in [2.24, 2.45) is 17.8 Å². The summed E-state index contributed by atoms with van der Waals surface area (Å²) in [5.74, 6) is 1.43. The van der Waals surface area contributed by atoms with Crippen LogP contribution in [0.15, 0.2) is 0 Å². The lowest BCUT2D eigenvalue weighted by Gasteiger charge is -2.03. The minimum absolute atomic E-state index is 0.0176. The van der Waals surface area contributed by atoms with Crippen molar-refractivity contribution in [3.63, 3.8) is 0 Å². The molecular weight excluding hydrogens is 142 g/mol. The number of hydrogen-bond donors (Lipinski definition) is 1. The van der Waals surface area contributed by atoms with E-state index >= 15 is 0 Å². The molecule has 1 aliphatic heterocycles. The van der Waals surface area contributed by atoms with Crippen molar-refractivity contribution in [3.05, 3.63) is 0 Å². The topological polar surface area (TPSA) is 38.3 Å². The summed E-state index contributed by atoms with van der Waals surface area (Å²) in [7, 11) is 0. The van der Waals surface area contributed by atoms with E-state index in [0.717, 1.165) is 13.1 Å². The molecular formula is C8H13NO2. The summed E-state index contributed by atoms with van der Waals surface area (Å²) in [5.41, 5.74) is 0. The van der Waals surface area contributed by atoms with Crippen LogP contribution in [0.2, 0.25) is 0 Å². The SMILES string of the molecule is CCOC(=O)[C@H]1C2CNC[C@H]21. The highest BCUT2D eigenvalue weighted by atomic mass is 16.5. The normalized spacial score (nSPS) is 39.9. The summed E-state index contributed by atoms with van der Waals surface area (Å²) in [5, 5.41) is 3.24. The van der Waals surface area contributed by atoms with Crippen LogP contribution >= 0.6 is 0 Å². The van der Waals surface area contributed by atoms with Crippen LogP contribution in [-0.4, -0.2) is 25.7 Å². The van der Waals surface area contributed by atoms with E-state index in [-0.39, 0.29) is 11.9 Å². The Bertz CT molecular complexity index is 171. The highest BCUT2D eigenvalue weighted by molar-refractivity contribution is 5.76. The third kappa shape index (κ3) is 1.03. The highest BCUT2D eigenvalue weighted by Gasteiger charge is 2.57. The highest BCUT2D eigenvalue weighted by Crippen LogP contribution is 2.49. The van der Waals surface area contributed by atoms with Gasteiger partial charge in [-0.05, 0) is 31.8 Å². The lowest BCUT2D eigenvalue weighted by atomic mass is 10.3. The maximum atomic E-state index is 11.2. The summed E-state index contributed by atoms with van der Waals surface area (Å²) in [4.78, 5) is 11.2. The summed E-state index contributed by atoms with van der Waals surface area (Å²) < 4.78 is 4.94. The van der Waals surface area contributed by atoms with Crippen LogP contribution in [0.25, 0.3) is 0 Å². The van der Waals surface area contributed by atoms with Gasteiger partial charge < -0.3 is 10.1 Å². The number of carbonyl (C=O) groups is 1. The van der Waals surface area contributed by atoms with E-state index in [0.29, 0.717) is 18.4 Å². The molecule has 2 rings (SSSR count). The molecule has 11 heavy (non-hydrogen) atoms. The monoisotopic (exact) mass is 155 g/mol. The van der Waals surface area contributed by atoms with E-state index in [4.69, 9.17) is 4.74 Å². The van der Waals surface area contributed by atoms with Crippen LogP contribution in [-0.2, 0) is 9.53 Å². The predicted molar refractivity (Wildman–Crippen MR) is 40.0 cm³/mol. The second-order valence-corrected chi connectivity index (χ2v) is 3.26. The molecule has 1 heterocycles. The Hall–Kier alpha value is -0.570. The van der Waals surface area contributed by atoms with E-state index in [1.54, 1.807) is 0 Å². The van der Waals surface area contributed by atoms with Crippen molar-refractivity contribution >= 4 is 5.97 Å². The standard InChI is InChI=1S/C8H13NO2/c1-2-11-8(10)7-5-3-9-4-6(5)7/h5-7,9H,2-4H2,1H3/t5-,6?,7-/m1/s1. The molecule has 3 heteroatoms. The van der Waals surface area contributed by atoms with E-state index in [1.165, 1.54) is 0 Å². The molecule has 3 nitrogen and oxygen atoms in total. The molecule has 2 aliphatic rings. The fourth-order valence-corrected chi connectivity index (χ4v) is 2.01. The Kier molecular flexibility index (Phi) is 1.60. The van der Waals surface area contributed by atoms with Gasteiger partial charge in [0, 0.05) is 0 Å². The summed E-state index contributed by atoms with van der Waals surface area (Å²) in [6.45, 7) is 4.39. The third-order valence-electron chi connectivity index (χ3n) is 2.65. The number of carbonyl (C=O) groups excluding carboxylic acids is 1. The largest absolute Gasteiger partial charge is 0.466 e. The third-order valence-corrected chi connectivity index (χ3v) is 2.65. The number of nitrogens with one attached hydrogen (secondary N) is 1. The molecule has 1 saturated carbocycles. The van der Waals surface area contributed by atoms with E-state index in [1.807, 2.05) is 6.92 Å². The van der Waals surface area contributed by atoms with Crippen LogP contribution in [0.5, 0.6) is 0 Å². The average Bonchev–Trinajstić information content (AvgIpc) is 2.47. The molecule has 3 atom stereocenters. The summed E-state index contributed by atoms with van der Waals surface area (Å²) in [6.07, 6.45) is 0. The van der Waals surface area contributed by atoms with Gasteiger partial charge in [-0.2, -0.15) is 0 Å². The van der Waals surface area contributed by atoms with Gasteiger partial charge in [0.1, 0.15) is 0 Å². The molecule has 0 amide bonds. The smallest absolute Gasteiger partial charge is 0.309 e. The van der Waals surface area contributed by atoms with Gasteiger partial charge in [0.2, 0.25) is 0 Å². The fourth-order valence-electron chi connectivity index (χ4n) is 2.01. The van der Waals surface area contributed by atoms with Gasteiger partial charge in [-0.1, -0.05) is 0 Å². The number of ether oxygens (including phenoxy) is 1. The number of piperidine rings is 1. The molecule has 1 unspecified atom stereocenters. The lowest BCUT2D eigenvalue weighted by molar-refractivity contribution is -0.145. The van der Waals surface area contributed by atoms with Gasteiger partial charge in [0.05, 0.1) is 12.5 Å². The number of rotatable bonds is 2. The van der Waals surface area contributed by atoms with E-state index in [2.05, 4.69) is 5.32 Å². The lowest BCUT2D eigenvalue weighted by Crippen LogP contribution is -2.20. The Morgan fingerprint density at radius 3 is 2.73 bits per heavy atom. The zero-order valence-corrected chi connectivity index (χ0v) is 6.67. The van der Waals surface area contributed by atoms with Crippen molar-refractivity contribution in [2.75, 3.05) is 19.7 Å². The average molecular weight is 155 g/mol. The van der Waals surface area contributed by atoms with Crippen LogP contribution < -0.4 is 5.32 Å². The quantitative estimate of drug-likeness (QED) is 0.571. The van der Waals surface area contributed by atoms with Crippen molar-refractivity contribution in [3.8, 4) is 0 Å². The molecule has 1 saturated heterocycles. The zero-order chi connectivity index (χ0) is 7.84. The first kappa shape index (κ1) is 7.10. The number of fused-ring (bicyclic) bond motifs is 1. The van der Waals surface area contributed by atoms with E-state index in [9.17, 15) is 4.79 Å². The van der Waals surface area contributed by atoms with Crippen molar-refractivity contribution in [2.45, 2.75) is 6.92 Å². The van der Waals surface area contributed by atoms with Gasteiger partial charge >= 0.3 is 5.97 Å². The second kappa shape index (κ2) is 2.48. The van der Waals surface area contributed by atoms with Crippen LogP contribution in [0.1, 0.15) is 6.92 Å².